The molecule has 10 heteroatoms. The van der Waals surface area contributed by atoms with Crippen molar-refractivity contribution in [2.45, 2.75) is 119 Å². The number of hydrogen-bond donors (Lipinski definition) is 1. The molecule has 262 valence electrons. The van der Waals surface area contributed by atoms with Gasteiger partial charge in [-0.05, 0) is 50.5 Å². The van der Waals surface area contributed by atoms with E-state index < -0.39 is 52.5 Å². The highest BCUT2D eigenvalue weighted by atomic mass is 16.6. The van der Waals surface area contributed by atoms with Gasteiger partial charge < -0.3 is 24.2 Å². The number of hydrogen-bond acceptors (Lipinski definition) is 9. The molecule has 10 nitrogen and oxygen atoms in total. The standard InChI is InChI=1S/C37H56N2O8/c1-12-29-37(11,43)33-23(3)30(38-26(6)40)22(2)18-36(10,32(35(7,8)9)24(4)31(41)25(5)34(42)47-29)45-21-28(20-44-33)39-46-19-27-16-14-13-15-17-27/h13-17,22-25,29,32-33,43H,12,18-21H2,1-11H3/b38-30?,39-28+/t22-,23+,24+,25-,29-,32+,33-,36-,37-/m1/s1. The van der Waals surface area contributed by atoms with Crippen LogP contribution in [0.1, 0.15) is 94.6 Å². The van der Waals surface area contributed by atoms with Crippen LogP contribution >= 0.6 is 0 Å². The lowest BCUT2D eigenvalue weighted by molar-refractivity contribution is -0.192. The van der Waals surface area contributed by atoms with Crippen LogP contribution in [-0.2, 0) is 40.0 Å². The number of ketones is 1. The maximum absolute atomic E-state index is 14.1. The van der Waals surface area contributed by atoms with Crippen LogP contribution in [0, 0.1) is 35.0 Å². The van der Waals surface area contributed by atoms with Gasteiger partial charge in [-0.25, -0.2) is 4.99 Å². The first-order chi connectivity index (χ1) is 21.8. The predicted octanol–water partition coefficient (Wildman–Crippen LogP) is 5.97. The Bertz CT molecular complexity index is 1320. The Hall–Kier alpha value is -2.95. The highest BCUT2D eigenvalue weighted by Crippen LogP contribution is 2.47. The molecule has 2 fully saturated rings. The molecule has 9 atom stereocenters. The molecule has 1 aromatic carbocycles. The summed E-state index contributed by atoms with van der Waals surface area (Å²) in [5, 5.41) is 16.7. The van der Waals surface area contributed by atoms with Crippen LogP contribution in [0.2, 0.25) is 0 Å². The lowest BCUT2D eigenvalue weighted by atomic mass is 9.61. The second kappa shape index (κ2) is 15.5. The van der Waals surface area contributed by atoms with E-state index >= 15 is 0 Å². The molecule has 2 bridgehead atoms. The lowest BCUT2D eigenvalue weighted by Crippen LogP contribution is -2.58. The topological polar surface area (TPSA) is 133 Å². The van der Waals surface area contributed by atoms with E-state index in [1.165, 1.54) is 6.92 Å². The van der Waals surface area contributed by atoms with Crippen LogP contribution in [0.4, 0.5) is 0 Å². The van der Waals surface area contributed by atoms with Gasteiger partial charge in [0, 0.05) is 30.4 Å². The number of aliphatic hydroxyl groups is 1. The minimum Gasteiger partial charge on any atom is -0.459 e. The smallest absolute Gasteiger partial charge is 0.316 e. The average molecular weight is 657 g/mol. The molecule has 2 aliphatic rings. The fourth-order valence-electron chi connectivity index (χ4n) is 8.02. The Balaban J connectivity index is 2.31. The molecule has 0 aliphatic carbocycles. The van der Waals surface area contributed by atoms with E-state index in [0.29, 0.717) is 17.8 Å². The quantitative estimate of drug-likeness (QED) is 0.238. The maximum Gasteiger partial charge on any atom is 0.316 e. The van der Waals surface area contributed by atoms with Gasteiger partial charge in [0.25, 0.3) is 0 Å². The predicted molar refractivity (Wildman–Crippen MR) is 181 cm³/mol. The van der Waals surface area contributed by atoms with Gasteiger partial charge in [0.1, 0.15) is 35.7 Å². The van der Waals surface area contributed by atoms with Crippen molar-refractivity contribution in [3.05, 3.63) is 35.9 Å². The molecule has 0 radical (unpaired) electrons. The highest BCUT2D eigenvalue weighted by molar-refractivity contribution is 6.00. The van der Waals surface area contributed by atoms with E-state index in [9.17, 15) is 19.5 Å². The van der Waals surface area contributed by atoms with Crippen LogP contribution in [0.15, 0.2) is 40.5 Å². The Kier molecular flexibility index (Phi) is 12.7. The number of esters is 1. The van der Waals surface area contributed by atoms with E-state index in [-0.39, 0.29) is 49.8 Å². The monoisotopic (exact) mass is 656 g/mol. The van der Waals surface area contributed by atoms with Crippen molar-refractivity contribution in [2.75, 3.05) is 13.2 Å². The van der Waals surface area contributed by atoms with Gasteiger partial charge in [-0.1, -0.05) is 84.0 Å². The van der Waals surface area contributed by atoms with Crippen molar-refractivity contribution in [1.82, 2.24) is 0 Å². The third-order valence-corrected chi connectivity index (χ3v) is 9.87. The van der Waals surface area contributed by atoms with Crippen LogP contribution in [-0.4, -0.2) is 70.8 Å². The Morgan fingerprint density at radius 3 is 2.26 bits per heavy atom. The van der Waals surface area contributed by atoms with Crippen molar-refractivity contribution >= 4 is 29.1 Å². The summed E-state index contributed by atoms with van der Waals surface area (Å²) in [7, 11) is 0. The van der Waals surface area contributed by atoms with Crippen molar-refractivity contribution in [1.29, 1.82) is 0 Å². The van der Waals surface area contributed by atoms with Crippen LogP contribution in [0.3, 0.4) is 0 Å². The second-order valence-electron chi connectivity index (χ2n) is 15.0. The number of rotatable bonds is 4. The molecule has 1 N–H and O–H groups in total. The molecule has 2 saturated heterocycles. The molecule has 0 aromatic heterocycles. The van der Waals surface area contributed by atoms with Crippen LogP contribution < -0.4 is 0 Å². The zero-order valence-electron chi connectivity index (χ0n) is 30.2. The SMILES string of the molecule is CC[C@H]1OC(=O)[C@H](C)C(=O)[C@H](C)[C@@H](C(C)(C)C)[C@@]2(C)C[C@@H](C)C(=NC(C)=O)[C@H](C)[C@@H](OC/C(=N\OCc3ccccc3)CO2)[C@]1(C)O. The number of carbonyl (C=O) groups excluding carboxylic acids is 3. The first-order valence-electron chi connectivity index (χ1n) is 16.9. The van der Waals surface area contributed by atoms with Crippen molar-refractivity contribution < 1.29 is 38.5 Å². The summed E-state index contributed by atoms with van der Waals surface area (Å²) in [5.74, 6) is -4.32. The Labute approximate surface area is 280 Å². The normalized spacial score (nSPS) is 36.6. The fourth-order valence-corrected chi connectivity index (χ4v) is 8.02. The van der Waals surface area contributed by atoms with Crippen LogP contribution in [0.5, 0.6) is 0 Å². The third kappa shape index (κ3) is 9.15. The molecule has 0 saturated carbocycles. The first-order valence-corrected chi connectivity index (χ1v) is 16.9. The number of benzene rings is 1. The number of ether oxygens (including phenoxy) is 3. The van der Waals surface area contributed by atoms with Crippen LogP contribution in [0.25, 0.3) is 0 Å². The highest BCUT2D eigenvalue weighted by Gasteiger charge is 2.53. The number of oxime groups is 1. The summed E-state index contributed by atoms with van der Waals surface area (Å²) in [6.45, 7) is 20.4. The number of amides is 1. The zero-order valence-corrected chi connectivity index (χ0v) is 30.2. The summed E-state index contributed by atoms with van der Waals surface area (Å²) in [5.41, 5.74) is -1.25. The van der Waals surface area contributed by atoms with Gasteiger partial charge >= 0.3 is 5.97 Å². The molecule has 2 heterocycles. The summed E-state index contributed by atoms with van der Waals surface area (Å²) in [4.78, 5) is 50.5. The molecular weight excluding hydrogens is 600 g/mol. The maximum atomic E-state index is 14.1. The summed E-state index contributed by atoms with van der Waals surface area (Å²) in [6.07, 6.45) is -1.37. The van der Waals surface area contributed by atoms with Gasteiger partial charge in [0.15, 0.2) is 0 Å². The number of nitrogens with zero attached hydrogens (tertiary/aromatic N) is 2. The molecule has 0 spiro atoms. The third-order valence-electron chi connectivity index (χ3n) is 9.87. The van der Waals surface area contributed by atoms with Gasteiger partial charge in [-0.2, -0.15) is 0 Å². The fraction of sp³-hybridized carbons (Fsp3) is 0.703. The second-order valence-corrected chi connectivity index (χ2v) is 15.0. The van der Waals surface area contributed by atoms with E-state index in [1.807, 2.05) is 58.0 Å². The van der Waals surface area contributed by atoms with Gasteiger partial charge in [0.2, 0.25) is 5.91 Å². The largest absolute Gasteiger partial charge is 0.459 e. The Morgan fingerprint density at radius 1 is 1.04 bits per heavy atom. The van der Waals surface area contributed by atoms with Gasteiger partial charge in [-0.15, -0.1) is 0 Å². The molecule has 1 aromatic rings. The molecule has 0 unspecified atom stereocenters. The molecule has 2 aliphatic heterocycles. The van der Waals surface area contributed by atoms with Crippen molar-refractivity contribution in [2.24, 2.45) is 45.2 Å². The van der Waals surface area contributed by atoms with E-state index in [2.05, 4.69) is 30.9 Å². The minimum atomic E-state index is -1.75. The molecular formula is C37H56N2O8. The Morgan fingerprint density at radius 2 is 1.68 bits per heavy atom. The number of aliphatic imine (C=N–C) groups is 1. The van der Waals surface area contributed by atoms with E-state index in [4.69, 9.17) is 19.0 Å². The number of carbonyl (C=O) groups is 3. The van der Waals surface area contributed by atoms with Crippen molar-refractivity contribution in [3.63, 3.8) is 0 Å². The zero-order chi connectivity index (χ0) is 35.3. The van der Waals surface area contributed by atoms with E-state index in [1.54, 1.807) is 20.8 Å². The van der Waals surface area contributed by atoms with E-state index in [0.717, 1.165) is 5.56 Å². The summed E-state index contributed by atoms with van der Waals surface area (Å²) >= 11 is 0. The van der Waals surface area contributed by atoms with Gasteiger partial charge in [-0.3, -0.25) is 14.4 Å². The average Bonchev–Trinajstić information content (AvgIpc) is 3.00. The lowest BCUT2D eigenvalue weighted by Gasteiger charge is -2.49. The number of fused-ring (bicyclic) bond motifs is 5. The molecule has 47 heavy (non-hydrogen) atoms. The summed E-state index contributed by atoms with van der Waals surface area (Å²) < 4.78 is 19.3. The van der Waals surface area contributed by atoms with Crippen molar-refractivity contribution in [3.8, 4) is 0 Å². The first kappa shape index (κ1) is 38.5. The number of cyclic esters (lactones) is 1. The van der Waals surface area contributed by atoms with Gasteiger partial charge in [0.05, 0.1) is 24.9 Å². The molecule has 1 amide bonds. The summed E-state index contributed by atoms with van der Waals surface area (Å²) in [6, 6.07) is 9.65. The molecule has 3 rings (SSSR count). The minimum absolute atomic E-state index is 0.0239. The number of Topliss-reactive ketones (excluding diaryl/α,β-unsaturated/α-hetero) is 1.